The number of nitrogens with zero attached hydrogens (tertiary/aromatic N) is 1. The van der Waals surface area contributed by atoms with Crippen molar-refractivity contribution in [3.05, 3.63) is 58.4 Å². The predicted molar refractivity (Wildman–Crippen MR) is 75.1 cm³/mol. The fourth-order valence-corrected chi connectivity index (χ4v) is 4.05. The summed E-state index contributed by atoms with van der Waals surface area (Å²) in [5.41, 5.74) is 0.210. The van der Waals surface area contributed by atoms with Crippen LogP contribution in [0.4, 0.5) is 0 Å². The van der Waals surface area contributed by atoms with Crippen molar-refractivity contribution in [1.82, 2.24) is 3.56 Å². The van der Waals surface area contributed by atoms with Gasteiger partial charge in [0.15, 0.2) is 0 Å². The Bertz CT molecular complexity index is 878. The molecule has 100 valence electrons. The third-order valence-corrected chi connectivity index (χ3v) is 5.27. The van der Waals surface area contributed by atoms with Crippen molar-refractivity contribution >= 4 is 30.3 Å². The van der Waals surface area contributed by atoms with Crippen molar-refractivity contribution in [1.29, 1.82) is 0 Å². The maximum absolute atomic E-state index is 12.3. The van der Waals surface area contributed by atoms with E-state index in [-0.39, 0.29) is 31.6 Å². The first-order chi connectivity index (χ1) is 9.58. The molecule has 0 bridgehead atoms. The molecule has 3 rings (SSSR count). The Morgan fingerprint density at radius 2 is 1.90 bits per heavy atom. The first kappa shape index (κ1) is 12.7. The molecular weight excluding hydrogens is 325 g/mol. The van der Waals surface area contributed by atoms with Crippen molar-refractivity contribution < 1.29 is 15.0 Å². The predicted octanol–water partition coefficient (Wildman–Crippen LogP) is 1.45. The summed E-state index contributed by atoms with van der Waals surface area (Å²) in [6, 6.07) is 11.5. The van der Waals surface area contributed by atoms with Gasteiger partial charge in [-0.15, -0.1) is 0 Å². The summed E-state index contributed by atoms with van der Waals surface area (Å²) in [6.45, 7) is 0. The normalized spacial score (nSPS) is 10.8. The maximum atomic E-state index is 12.3. The van der Waals surface area contributed by atoms with Crippen molar-refractivity contribution in [3.8, 4) is 11.4 Å². The first-order valence-electron chi connectivity index (χ1n) is 5.75. The monoisotopic (exact) mass is 335 g/mol. The van der Waals surface area contributed by atoms with Gasteiger partial charge in [0.2, 0.25) is 0 Å². The molecule has 0 aliphatic carbocycles. The van der Waals surface area contributed by atoms with E-state index in [0.717, 1.165) is 4.26 Å². The molecule has 0 radical (unpaired) electrons. The van der Waals surface area contributed by atoms with Gasteiger partial charge in [-0.3, -0.25) is 0 Å². The van der Waals surface area contributed by atoms with Crippen LogP contribution in [0, 0.1) is 0 Å². The number of carboxylic acid groups (broad SMARTS) is 1. The molecule has 3 aromatic rings. The van der Waals surface area contributed by atoms with Crippen LogP contribution in [0.25, 0.3) is 15.3 Å². The number of rotatable bonds is 2. The summed E-state index contributed by atoms with van der Waals surface area (Å²) in [5.74, 6) is -1.54. The van der Waals surface area contributed by atoms with E-state index in [9.17, 15) is 14.7 Å². The van der Waals surface area contributed by atoms with Gasteiger partial charge in [-0.2, -0.15) is 0 Å². The average Bonchev–Trinajstić information content (AvgIpc) is 2.76. The van der Waals surface area contributed by atoms with Crippen LogP contribution in [0.2, 0.25) is 0 Å². The van der Waals surface area contributed by atoms with E-state index in [4.69, 9.17) is 5.11 Å². The number of aromatic carboxylic acids is 1. The minimum absolute atomic E-state index is 0.122. The fourth-order valence-electron chi connectivity index (χ4n) is 1.97. The van der Waals surface area contributed by atoms with Gasteiger partial charge in [0.05, 0.1) is 0 Å². The summed E-state index contributed by atoms with van der Waals surface area (Å²) >= 11 is -0.204. The van der Waals surface area contributed by atoms with Crippen molar-refractivity contribution in [2.45, 2.75) is 0 Å². The van der Waals surface area contributed by atoms with Crippen LogP contribution in [0.15, 0.2) is 47.3 Å². The Labute approximate surface area is 119 Å². The van der Waals surface area contributed by atoms with Gasteiger partial charge in [-0.1, -0.05) is 0 Å². The van der Waals surface area contributed by atoms with Crippen molar-refractivity contribution in [2.24, 2.45) is 0 Å². The second kappa shape index (κ2) is 4.67. The molecule has 0 unspecified atom stereocenters. The molecule has 0 fully saturated rings. The van der Waals surface area contributed by atoms with E-state index in [1.54, 1.807) is 15.7 Å². The fraction of sp³-hybridized carbons (Fsp3) is 0. The Balaban J connectivity index is 2.21. The van der Waals surface area contributed by atoms with Crippen molar-refractivity contribution in [3.63, 3.8) is 0 Å². The second-order valence-electron chi connectivity index (χ2n) is 4.19. The Morgan fingerprint density at radius 1 is 1.15 bits per heavy atom. The number of hydrogen-bond donors (Lipinski definition) is 2. The molecule has 5 nitrogen and oxygen atoms in total. The van der Waals surface area contributed by atoms with Gasteiger partial charge >= 0.3 is 119 Å². The number of aromatic hydroxyl groups is 1. The van der Waals surface area contributed by atoms with Crippen LogP contribution in [0.3, 0.4) is 0 Å². The zero-order valence-corrected chi connectivity index (χ0v) is 11.8. The third kappa shape index (κ3) is 1.95. The average molecular weight is 334 g/mol. The van der Waals surface area contributed by atoms with Gasteiger partial charge in [0.1, 0.15) is 0 Å². The van der Waals surface area contributed by atoms with Crippen LogP contribution in [-0.4, -0.2) is 34.5 Å². The van der Waals surface area contributed by atoms with Crippen LogP contribution in [0.1, 0.15) is 10.4 Å². The molecule has 2 N–H and O–H groups in total. The number of fused-ring (bicyclic) bond motifs is 1. The summed E-state index contributed by atoms with van der Waals surface area (Å²) in [6.07, 6.45) is 0. The molecule has 1 aromatic heterocycles. The molecule has 0 aliphatic rings. The van der Waals surface area contributed by atoms with Gasteiger partial charge in [-0.05, 0) is 0 Å². The molecule has 2 aromatic carbocycles. The first-order valence-corrected chi connectivity index (χ1v) is 7.38. The van der Waals surface area contributed by atoms with Gasteiger partial charge in [0.25, 0.3) is 0 Å². The summed E-state index contributed by atoms with van der Waals surface area (Å²) in [4.78, 5) is 23.1. The Hall–Kier alpha value is -2.30. The molecule has 6 heteroatoms. The standard InChI is InChI=1S/C14H9NO4Se/c16-11-7-8(5-6-9(11)14(18)19)15-13(17)10-3-1-2-4-12(10)20-15/h1-7,16H,(H,18,19). The zero-order valence-electron chi connectivity index (χ0n) is 10.1. The van der Waals surface area contributed by atoms with Crippen LogP contribution in [-0.2, 0) is 0 Å². The van der Waals surface area contributed by atoms with Crippen LogP contribution >= 0.6 is 0 Å². The molecule has 0 amide bonds. The van der Waals surface area contributed by atoms with Gasteiger partial charge in [-0.25, -0.2) is 0 Å². The van der Waals surface area contributed by atoms with Gasteiger partial charge < -0.3 is 0 Å². The molecule has 1 heterocycles. The number of carboxylic acids is 1. The summed E-state index contributed by atoms with van der Waals surface area (Å²) in [5, 5.41) is 19.3. The quantitative estimate of drug-likeness (QED) is 0.695. The van der Waals surface area contributed by atoms with E-state index in [0.29, 0.717) is 11.1 Å². The van der Waals surface area contributed by atoms with Gasteiger partial charge in [0, 0.05) is 0 Å². The molecule has 20 heavy (non-hydrogen) atoms. The zero-order chi connectivity index (χ0) is 14.3. The number of phenols is 1. The topological polar surface area (TPSA) is 79.5 Å². The summed E-state index contributed by atoms with van der Waals surface area (Å²) in [7, 11) is 0. The Kier molecular flexibility index (Phi) is 2.97. The van der Waals surface area contributed by atoms with E-state index < -0.39 is 5.97 Å². The second-order valence-corrected chi connectivity index (χ2v) is 6.27. The summed E-state index contributed by atoms with van der Waals surface area (Å²) < 4.78 is 2.55. The number of hydrogen-bond acceptors (Lipinski definition) is 3. The van der Waals surface area contributed by atoms with Crippen LogP contribution < -0.4 is 5.56 Å². The van der Waals surface area contributed by atoms with Crippen LogP contribution in [0.5, 0.6) is 5.75 Å². The molecule has 0 saturated heterocycles. The molecule has 0 spiro atoms. The van der Waals surface area contributed by atoms with E-state index in [2.05, 4.69) is 0 Å². The molecule has 0 saturated carbocycles. The number of benzene rings is 2. The third-order valence-electron chi connectivity index (χ3n) is 2.94. The van der Waals surface area contributed by atoms with E-state index >= 15 is 0 Å². The molecular formula is C14H9NO4Se. The number of aromatic nitrogens is 1. The van der Waals surface area contributed by atoms with Crippen molar-refractivity contribution in [2.75, 3.05) is 0 Å². The minimum atomic E-state index is -1.20. The van der Waals surface area contributed by atoms with E-state index in [1.807, 2.05) is 12.1 Å². The number of carbonyl (C=O) groups is 1. The molecule has 0 aliphatic heterocycles. The SMILES string of the molecule is O=C(O)c1ccc(-n2[se]c3ccccc3c2=O)cc1O. The Morgan fingerprint density at radius 3 is 2.55 bits per heavy atom. The van der Waals surface area contributed by atoms with E-state index in [1.165, 1.54) is 18.2 Å². The molecule has 0 atom stereocenters.